The zero-order valence-corrected chi connectivity index (χ0v) is 21.3. The van der Waals surface area contributed by atoms with Gasteiger partial charge in [-0.3, -0.25) is 0 Å². The van der Waals surface area contributed by atoms with Crippen molar-refractivity contribution in [3.8, 4) is 23.0 Å². The molecule has 0 amide bonds. The van der Waals surface area contributed by atoms with Crippen molar-refractivity contribution in [2.75, 3.05) is 25.2 Å². The van der Waals surface area contributed by atoms with E-state index in [1.807, 2.05) is 6.92 Å². The number of esters is 1. The summed E-state index contributed by atoms with van der Waals surface area (Å²) in [7, 11) is 1.36. The van der Waals surface area contributed by atoms with Crippen molar-refractivity contribution in [1.29, 1.82) is 0 Å². The second-order valence-electron chi connectivity index (χ2n) is 8.26. The Morgan fingerprint density at radius 3 is 2.33 bits per heavy atom. The van der Waals surface area contributed by atoms with Gasteiger partial charge in [0.25, 0.3) is 0 Å². The van der Waals surface area contributed by atoms with Crippen LogP contribution in [0.25, 0.3) is 6.08 Å². The number of anilines is 2. The van der Waals surface area contributed by atoms with E-state index in [9.17, 15) is 23.5 Å². The Kier molecular flexibility index (Phi) is 9.32. The Morgan fingerprint density at radius 1 is 1.00 bits per heavy atom. The number of ether oxygens (including phenoxy) is 4. The topological polar surface area (TPSA) is 143 Å². The van der Waals surface area contributed by atoms with Gasteiger partial charge in [-0.15, -0.1) is 0 Å². The van der Waals surface area contributed by atoms with Crippen LogP contribution in [0.3, 0.4) is 0 Å². The van der Waals surface area contributed by atoms with Crippen molar-refractivity contribution in [2.45, 2.75) is 25.9 Å². The Morgan fingerprint density at radius 2 is 1.69 bits per heavy atom. The number of carbonyl (C=O) groups is 2. The number of halogens is 2. The van der Waals surface area contributed by atoms with Gasteiger partial charge in [0.1, 0.15) is 17.1 Å². The largest absolute Gasteiger partial charge is 0.493 e. The molecule has 3 aromatic rings. The van der Waals surface area contributed by atoms with Crippen molar-refractivity contribution in [2.24, 2.45) is 0 Å². The fourth-order valence-corrected chi connectivity index (χ4v) is 3.38. The van der Waals surface area contributed by atoms with Crippen molar-refractivity contribution in [1.82, 2.24) is 0 Å². The molecule has 3 rings (SSSR count). The van der Waals surface area contributed by atoms with Gasteiger partial charge in [-0.1, -0.05) is 25.5 Å². The van der Waals surface area contributed by atoms with Gasteiger partial charge in [0.05, 0.1) is 30.7 Å². The van der Waals surface area contributed by atoms with E-state index >= 15 is 0 Å². The maximum atomic E-state index is 14.8. The molecule has 0 radical (unpaired) electrons. The maximum absolute atomic E-state index is 14.8. The molecule has 0 aliphatic rings. The van der Waals surface area contributed by atoms with E-state index in [0.29, 0.717) is 17.9 Å². The van der Waals surface area contributed by atoms with E-state index in [-0.39, 0.29) is 28.6 Å². The van der Waals surface area contributed by atoms with Crippen LogP contribution in [0.4, 0.5) is 20.2 Å². The molecule has 11 heteroatoms. The van der Waals surface area contributed by atoms with Crippen molar-refractivity contribution >= 4 is 29.4 Å². The van der Waals surface area contributed by atoms with Gasteiger partial charge in [-0.25, -0.2) is 9.59 Å². The van der Waals surface area contributed by atoms with Crippen LogP contribution >= 0.6 is 0 Å². The minimum Gasteiger partial charge on any atom is -0.493 e. The van der Waals surface area contributed by atoms with Crippen molar-refractivity contribution in [3.63, 3.8) is 0 Å². The zero-order valence-electron chi connectivity index (χ0n) is 21.3. The van der Waals surface area contributed by atoms with Gasteiger partial charge in [0, 0.05) is 6.08 Å². The lowest BCUT2D eigenvalue weighted by molar-refractivity contribution is -0.185. The molecular weight excluding hydrogens is 514 g/mol. The van der Waals surface area contributed by atoms with Crippen LogP contribution < -0.4 is 30.4 Å². The van der Waals surface area contributed by atoms with Gasteiger partial charge < -0.3 is 35.5 Å². The Hall–Kier alpha value is -4.80. The number of benzene rings is 3. The van der Waals surface area contributed by atoms with Gasteiger partial charge in [0.15, 0.2) is 11.5 Å². The molecular formula is C28H28F2N2O7. The molecule has 0 bridgehead atoms. The number of rotatable bonds is 12. The first kappa shape index (κ1) is 28.8. The molecule has 39 heavy (non-hydrogen) atoms. The molecule has 0 saturated carbocycles. The summed E-state index contributed by atoms with van der Waals surface area (Å²) in [6.07, 6.45) is 0.476. The summed E-state index contributed by atoms with van der Waals surface area (Å²) in [5.74, 6) is -2.16. The van der Waals surface area contributed by atoms with Gasteiger partial charge in [-0.2, -0.15) is 8.78 Å². The average molecular weight is 543 g/mol. The lowest BCUT2D eigenvalue weighted by Gasteiger charge is -2.20. The van der Waals surface area contributed by atoms with Crippen LogP contribution in [0, 0.1) is 0 Å². The highest BCUT2D eigenvalue weighted by molar-refractivity contribution is 6.01. The summed E-state index contributed by atoms with van der Waals surface area (Å²) in [6.45, 7) is 2.45. The Balaban J connectivity index is 1.66. The molecule has 0 saturated heterocycles. The number of alkyl halides is 2. The van der Waals surface area contributed by atoms with E-state index < -0.39 is 29.2 Å². The Labute approximate surface area is 223 Å². The molecule has 0 aromatic heterocycles. The normalized spacial score (nSPS) is 11.3. The van der Waals surface area contributed by atoms with Crippen LogP contribution in [0.15, 0.2) is 60.7 Å². The van der Waals surface area contributed by atoms with Crippen LogP contribution in [-0.4, -0.2) is 30.8 Å². The van der Waals surface area contributed by atoms with E-state index in [1.54, 1.807) is 0 Å². The number of hydrogen-bond acceptors (Lipinski definition) is 8. The molecule has 206 valence electrons. The molecule has 5 N–H and O–H groups in total. The minimum atomic E-state index is -3.67. The van der Waals surface area contributed by atoms with Crippen LogP contribution in [0.1, 0.15) is 41.3 Å². The summed E-state index contributed by atoms with van der Waals surface area (Å²) < 4.78 is 50.5. The Bertz CT molecular complexity index is 1360. The van der Waals surface area contributed by atoms with E-state index in [0.717, 1.165) is 25.0 Å². The first-order valence-electron chi connectivity index (χ1n) is 11.8. The standard InChI is InChI=1S/C28H28F2N2O7/c1-3-4-15-37-21-12-8-18(16-23(21)36-2)28(29,30)39-19-9-5-17(6-10-19)7-14-24(33)38-22-13-11-20(31)26(32)25(22)27(34)35/h5-14,16H,3-4,15,31-32H2,1-2H3,(H,34,35)/b14-7+. The third-order valence-corrected chi connectivity index (χ3v) is 5.46. The molecule has 9 nitrogen and oxygen atoms in total. The lowest BCUT2D eigenvalue weighted by Crippen LogP contribution is -2.22. The molecule has 0 fully saturated rings. The first-order valence-corrected chi connectivity index (χ1v) is 11.8. The summed E-state index contributed by atoms with van der Waals surface area (Å²) >= 11 is 0. The smallest absolute Gasteiger partial charge is 0.426 e. The summed E-state index contributed by atoms with van der Waals surface area (Å²) in [5, 5.41) is 9.33. The predicted molar refractivity (Wildman–Crippen MR) is 141 cm³/mol. The molecule has 0 unspecified atom stereocenters. The second-order valence-corrected chi connectivity index (χ2v) is 8.26. The average Bonchev–Trinajstić information content (AvgIpc) is 2.90. The van der Waals surface area contributed by atoms with Gasteiger partial charge >= 0.3 is 18.0 Å². The summed E-state index contributed by atoms with van der Waals surface area (Å²) in [5.41, 5.74) is 10.7. The van der Waals surface area contributed by atoms with Crippen LogP contribution in [0.2, 0.25) is 0 Å². The SMILES string of the molecule is CCCCOc1ccc(C(F)(F)Oc2ccc(/C=C/C(=O)Oc3ccc(N)c(N)c3C(=O)O)cc2)cc1OC. The highest BCUT2D eigenvalue weighted by Gasteiger charge is 2.35. The maximum Gasteiger partial charge on any atom is 0.426 e. The molecule has 0 aliphatic heterocycles. The molecule has 0 spiro atoms. The molecule has 0 atom stereocenters. The number of carboxylic acid groups (broad SMARTS) is 1. The number of nitrogens with two attached hydrogens (primary N) is 2. The van der Waals surface area contributed by atoms with E-state index in [1.165, 1.54) is 61.7 Å². The number of nitrogen functional groups attached to an aromatic ring is 2. The monoisotopic (exact) mass is 542 g/mol. The van der Waals surface area contributed by atoms with E-state index in [2.05, 4.69) is 0 Å². The number of hydrogen-bond donors (Lipinski definition) is 3. The fourth-order valence-electron chi connectivity index (χ4n) is 3.38. The second kappa shape index (κ2) is 12.6. The number of carbonyl (C=O) groups excluding carboxylic acids is 1. The predicted octanol–water partition coefficient (Wildman–Crippen LogP) is 5.48. The quantitative estimate of drug-likeness (QED) is 0.0890. The number of carboxylic acids is 1. The highest BCUT2D eigenvalue weighted by Crippen LogP contribution is 2.37. The number of unbranched alkanes of at least 4 members (excludes halogenated alkanes) is 1. The zero-order chi connectivity index (χ0) is 28.6. The number of methoxy groups -OCH3 is 1. The first-order chi connectivity index (χ1) is 18.6. The fraction of sp³-hybridized carbons (Fsp3) is 0.214. The van der Waals surface area contributed by atoms with E-state index in [4.69, 9.17) is 30.4 Å². The van der Waals surface area contributed by atoms with Crippen molar-refractivity contribution in [3.05, 3.63) is 77.4 Å². The number of aromatic carboxylic acids is 1. The third-order valence-electron chi connectivity index (χ3n) is 5.46. The molecule has 0 aliphatic carbocycles. The molecule has 0 heterocycles. The highest BCUT2D eigenvalue weighted by atomic mass is 19.3. The summed E-state index contributed by atoms with van der Waals surface area (Å²) in [4.78, 5) is 23.7. The lowest BCUT2D eigenvalue weighted by atomic mass is 10.1. The third kappa shape index (κ3) is 7.37. The van der Waals surface area contributed by atoms with Crippen molar-refractivity contribution < 1.29 is 42.4 Å². The van der Waals surface area contributed by atoms with Gasteiger partial charge in [0.2, 0.25) is 0 Å². The van der Waals surface area contributed by atoms with Crippen LogP contribution in [-0.2, 0) is 10.9 Å². The summed E-state index contributed by atoms with van der Waals surface area (Å²) in [6, 6.07) is 11.8. The molecule has 3 aromatic carbocycles. The van der Waals surface area contributed by atoms with Gasteiger partial charge in [-0.05, 0) is 60.5 Å². The van der Waals surface area contributed by atoms with Crippen LogP contribution in [0.5, 0.6) is 23.0 Å². The minimum absolute atomic E-state index is 0.0307.